The highest BCUT2D eigenvalue weighted by molar-refractivity contribution is 5.74. The molecule has 1 unspecified atom stereocenters. The normalized spacial score (nSPS) is 16.0. The zero-order valence-corrected chi connectivity index (χ0v) is 13.7. The van der Waals surface area contributed by atoms with Gasteiger partial charge in [-0.3, -0.25) is 0 Å². The van der Waals surface area contributed by atoms with E-state index in [2.05, 4.69) is 22.2 Å². The maximum Gasteiger partial charge on any atom is 0.146 e. The van der Waals surface area contributed by atoms with Crippen LogP contribution in [0.4, 0.5) is 0 Å². The molecule has 6 heteroatoms. The molecule has 6 nitrogen and oxygen atoms in total. The standard InChI is InChI=1S/C17H23N3O3/c1-21-12-23-11-10-14(19-20-18)8-6-13-7-9-16-15(13)4-3-5-17(16)22-2/h3-6,14H,7-12H2,1-2H3/b13-6-. The SMILES string of the molecule is COCOCCC(C/C=C1/CCc2c(OC)cccc21)N=[N+]=[N-]. The number of ether oxygens (including phenoxy) is 3. The molecule has 1 aliphatic carbocycles. The lowest BCUT2D eigenvalue weighted by Crippen LogP contribution is -2.08. The van der Waals surface area contributed by atoms with E-state index in [9.17, 15) is 0 Å². The van der Waals surface area contributed by atoms with Crippen molar-refractivity contribution in [1.29, 1.82) is 0 Å². The van der Waals surface area contributed by atoms with E-state index in [1.54, 1.807) is 14.2 Å². The minimum Gasteiger partial charge on any atom is -0.496 e. The lowest BCUT2D eigenvalue weighted by atomic mass is 10.0. The summed E-state index contributed by atoms with van der Waals surface area (Å²) >= 11 is 0. The molecule has 1 aromatic rings. The van der Waals surface area contributed by atoms with Crippen LogP contribution in [-0.4, -0.2) is 33.7 Å². The molecule has 0 spiro atoms. The van der Waals surface area contributed by atoms with Gasteiger partial charge in [-0.15, -0.1) is 0 Å². The third-order valence-corrected chi connectivity index (χ3v) is 3.99. The zero-order valence-electron chi connectivity index (χ0n) is 13.7. The lowest BCUT2D eigenvalue weighted by molar-refractivity contribution is -0.0323. The third-order valence-electron chi connectivity index (χ3n) is 3.99. The molecule has 0 radical (unpaired) electrons. The van der Waals surface area contributed by atoms with Crippen molar-refractivity contribution in [2.45, 2.75) is 31.7 Å². The predicted molar refractivity (Wildman–Crippen MR) is 89.3 cm³/mol. The molecular weight excluding hydrogens is 294 g/mol. The number of rotatable bonds is 9. The Bertz CT molecular complexity index is 595. The van der Waals surface area contributed by atoms with Crippen LogP contribution < -0.4 is 4.74 Å². The largest absolute Gasteiger partial charge is 0.496 e. The molecule has 0 heterocycles. The lowest BCUT2D eigenvalue weighted by Gasteiger charge is -2.10. The van der Waals surface area contributed by atoms with Gasteiger partial charge in [-0.1, -0.05) is 23.3 Å². The van der Waals surface area contributed by atoms with Crippen molar-refractivity contribution in [1.82, 2.24) is 0 Å². The Balaban J connectivity index is 2.01. The molecule has 0 bridgehead atoms. The molecule has 23 heavy (non-hydrogen) atoms. The molecule has 0 aromatic heterocycles. The van der Waals surface area contributed by atoms with Gasteiger partial charge in [0.25, 0.3) is 0 Å². The number of fused-ring (bicyclic) bond motifs is 1. The number of methoxy groups -OCH3 is 2. The van der Waals surface area contributed by atoms with E-state index in [4.69, 9.17) is 19.7 Å². The Labute approximate surface area is 136 Å². The number of allylic oxidation sites excluding steroid dienone is 1. The monoisotopic (exact) mass is 317 g/mol. The van der Waals surface area contributed by atoms with Gasteiger partial charge >= 0.3 is 0 Å². The number of hydrogen-bond donors (Lipinski definition) is 0. The van der Waals surface area contributed by atoms with Gasteiger partial charge in [-0.05, 0) is 48.4 Å². The highest BCUT2D eigenvalue weighted by atomic mass is 16.7. The molecule has 2 rings (SSSR count). The van der Waals surface area contributed by atoms with Gasteiger partial charge in [0.05, 0.1) is 7.11 Å². The van der Waals surface area contributed by atoms with Crippen molar-refractivity contribution in [3.63, 3.8) is 0 Å². The summed E-state index contributed by atoms with van der Waals surface area (Å²) in [5, 5.41) is 3.86. The van der Waals surface area contributed by atoms with E-state index < -0.39 is 0 Å². The average molecular weight is 317 g/mol. The molecule has 0 N–H and O–H groups in total. The molecule has 0 aliphatic heterocycles. The van der Waals surface area contributed by atoms with Crippen LogP contribution in [0, 0.1) is 0 Å². The minimum absolute atomic E-state index is 0.0981. The second kappa shape index (κ2) is 9.20. The zero-order chi connectivity index (χ0) is 16.5. The van der Waals surface area contributed by atoms with Crippen LogP contribution in [0.2, 0.25) is 0 Å². The third kappa shape index (κ3) is 4.73. The Hall–Kier alpha value is -2.01. The van der Waals surface area contributed by atoms with Crippen LogP contribution in [-0.2, 0) is 15.9 Å². The fourth-order valence-corrected chi connectivity index (χ4v) is 2.86. The van der Waals surface area contributed by atoms with Crippen LogP contribution in [0.3, 0.4) is 0 Å². The molecule has 1 aliphatic rings. The Morgan fingerprint density at radius 1 is 1.35 bits per heavy atom. The fraction of sp³-hybridized carbons (Fsp3) is 0.529. The number of hydrogen-bond acceptors (Lipinski definition) is 4. The van der Waals surface area contributed by atoms with Crippen molar-refractivity contribution in [2.75, 3.05) is 27.6 Å². The van der Waals surface area contributed by atoms with Gasteiger partial charge in [-0.25, -0.2) is 0 Å². The summed E-state index contributed by atoms with van der Waals surface area (Å²) < 4.78 is 15.5. The van der Waals surface area contributed by atoms with Crippen molar-refractivity contribution < 1.29 is 14.2 Å². The van der Waals surface area contributed by atoms with Gasteiger partial charge in [-0.2, -0.15) is 0 Å². The van der Waals surface area contributed by atoms with Gasteiger partial charge in [0.2, 0.25) is 0 Å². The summed E-state index contributed by atoms with van der Waals surface area (Å²) in [6, 6.07) is 6.04. The van der Waals surface area contributed by atoms with Crippen molar-refractivity contribution in [2.24, 2.45) is 5.11 Å². The summed E-state index contributed by atoms with van der Waals surface area (Å²) in [6.45, 7) is 0.780. The van der Waals surface area contributed by atoms with Crippen molar-refractivity contribution >= 4 is 5.57 Å². The van der Waals surface area contributed by atoms with E-state index in [1.807, 2.05) is 12.1 Å². The highest BCUT2D eigenvalue weighted by Crippen LogP contribution is 2.37. The van der Waals surface area contributed by atoms with Gasteiger partial charge in [0.15, 0.2) is 0 Å². The quantitative estimate of drug-likeness (QED) is 0.226. The summed E-state index contributed by atoms with van der Waals surface area (Å²) in [7, 11) is 3.29. The average Bonchev–Trinajstić information content (AvgIpc) is 2.99. The first kappa shape index (κ1) is 17.3. The molecule has 0 saturated carbocycles. The minimum atomic E-state index is -0.0981. The maximum absolute atomic E-state index is 8.71. The van der Waals surface area contributed by atoms with Gasteiger partial charge in [0, 0.05) is 30.2 Å². The summed E-state index contributed by atoms with van der Waals surface area (Å²) in [5.74, 6) is 0.950. The Kier molecular flexibility index (Phi) is 6.94. The van der Waals surface area contributed by atoms with Crippen molar-refractivity contribution in [3.8, 4) is 5.75 Å². The van der Waals surface area contributed by atoms with Crippen LogP contribution in [0.1, 0.15) is 30.4 Å². The molecule has 124 valence electrons. The van der Waals surface area contributed by atoms with E-state index in [-0.39, 0.29) is 12.8 Å². The van der Waals surface area contributed by atoms with E-state index in [0.29, 0.717) is 19.4 Å². The summed E-state index contributed by atoms with van der Waals surface area (Å²) in [4.78, 5) is 2.94. The first-order chi connectivity index (χ1) is 11.3. The van der Waals surface area contributed by atoms with Crippen LogP contribution in [0.5, 0.6) is 5.75 Å². The number of azide groups is 1. The smallest absolute Gasteiger partial charge is 0.146 e. The van der Waals surface area contributed by atoms with E-state index >= 15 is 0 Å². The molecule has 1 atom stereocenters. The van der Waals surface area contributed by atoms with Gasteiger partial charge < -0.3 is 14.2 Å². The first-order valence-electron chi connectivity index (χ1n) is 7.76. The predicted octanol–water partition coefficient (Wildman–Crippen LogP) is 4.10. The Morgan fingerprint density at radius 2 is 2.22 bits per heavy atom. The number of nitrogens with zero attached hydrogens (tertiary/aromatic N) is 3. The second-order valence-electron chi connectivity index (χ2n) is 5.41. The highest BCUT2D eigenvalue weighted by Gasteiger charge is 2.19. The summed E-state index contributed by atoms with van der Waals surface area (Å²) in [6.07, 6.45) is 5.57. The summed E-state index contributed by atoms with van der Waals surface area (Å²) in [5.41, 5.74) is 12.5. The second-order valence-corrected chi connectivity index (χ2v) is 5.41. The molecule has 1 aromatic carbocycles. The van der Waals surface area contributed by atoms with E-state index in [0.717, 1.165) is 18.6 Å². The molecular formula is C17H23N3O3. The maximum atomic E-state index is 8.71. The van der Waals surface area contributed by atoms with E-state index in [1.165, 1.54) is 16.7 Å². The molecule has 0 amide bonds. The first-order valence-corrected chi connectivity index (χ1v) is 7.76. The van der Waals surface area contributed by atoms with Crippen LogP contribution in [0.25, 0.3) is 16.0 Å². The molecule has 0 saturated heterocycles. The van der Waals surface area contributed by atoms with Gasteiger partial charge in [0.1, 0.15) is 12.5 Å². The van der Waals surface area contributed by atoms with Crippen LogP contribution in [0.15, 0.2) is 29.4 Å². The fourth-order valence-electron chi connectivity index (χ4n) is 2.86. The van der Waals surface area contributed by atoms with Crippen LogP contribution >= 0.6 is 0 Å². The number of benzene rings is 1. The Morgan fingerprint density at radius 3 is 2.96 bits per heavy atom. The molecule has 0 fully saturated rings. The van der Waals surface area contributed by atoms with Crippen molar-refractivity contribution in [3.05, 3.63) is 45.8 Å². The topological polar surface area (TPSA) is 76.5 Å².